The molecule has 2 amide bonds. The number of nitrogens with two attached hydrogens (primary N) is 1. The number of amides is 2. The van der Waals surface area contributed by atoms with Gasteiger partial charge in [0.1, 0.15) is 5.82 Å². The van der Waals surface area contributed by atoms with E-state index in [-0.39, 0.29) is 17.8 Å². The van der Waals surface area contributed by atoms with Gasteiger partial charge in [0.25, 0.3) is 5.91 Å². The van der Waals surface area contributed by atoms with Crippen molar-refractivity contribution >= 4 is 11.8 Å². The molecule has 1 saturated carbocycles. The SMILES string of the molecule is Cc1c(F)cc(C(=O)NC2CC2)cc1CCCc1ccc(C(N)=O)cn1. The fourth-order valence-corrected chi connectivity index (χ4v) is 2.80. The zero-order valence-corrected chi connectivity index (χ0v) is 14.7. The first-order chi connectivity index (χ1) is 12.4. The summed E-state index contributed by atoms with van der Waals surface area (Å²) in [6.45, 7) is 1.73. The Morgan fingerprint density at radius 3 is 2.62 bits per heavy atom. The number of pyridine rings is 1. The molecule has 3 N–H and O–H groups in total. The van der Waals surface area contributed by atoms with Crippen molar-refractivity contribution in [1.29, 1.82) is 0 Å². The number of aryl methyl sites for hydroxylation is 2. The molecular weight excluding hydrogens is 333 g/mol. The van der Waals surface area contributed by atoms with Gasteiger partial charge in [0.2, 0.25) is 5.91 Å². The minimum absolute atomic E-state index is 0.212. The highest BCUT2D eigenvalue weighted by atomic mass is 19.1. The van der Waals surface area contributed by atoms with Crippen LogP contribution in [0.3, 0.4) is 0 Å². The Morgan fingerprint density at radius 2 is 2.00 bits per heavy atom. The van der Waals surface area contributed by atoms with Crippen molar-refractivity contribution in [3.05, 3.63) is 64.2 Å². The van der Waals surface area contributed by atoms with E-state index in [1.54, 1.807) is 25.1 Å². The molecule has 136 valence electrons. The molecule has 1 aromatic carbocycles. The lowest BCUT2D eigenvalue weighted by atomic mass is 9.98. The molecular formula is C20H22FN3O2. The Labute approximate surface area is 151 Å². The minimum atomic E-state index is -0.503. The average molecular weight is 355 g/mol. The normalized spacial score (nSPS) is 13.5. The van der Waals surface area contributed by atoms with Gasteiger partial charge in [-0.3, -0.25) is 14.6 Å². The third-order valence-electron chi connectivity index (χ3n) is 4.61. The summed E-state index contributed by atoms with van der Waals surface area (Å²) in [6, 6.07) is 6.75. The summed E-state index contributed by atoms with van der Waals surface area (Å²) in [7, 11) is 0. The van der Waals surface area contributed by atoms with Crippen LogP contribution in [0.2, 0.25) is 0 Å². The number of benzene rings is 1. The van der Waals surface area contributed by atoms with E-state index < -0.39 is 5.91 Å². The number of carbonyl (C=O) groups excluding carboxylic acids is 2. The molecule has 2 aromatic rings. The summed E-state index contributed by atoms with van der Waals surface area (Å²) < 4.78 is 14.2. The van der Waals surface area contributed by atoms with Gasteiger partial charge in [-0.2, -0.15) is 0 Å². The van der Waals surface area contributed by atoms with Crippen molar-refractivity contribution in [2.75, 3.05) is 0 Å². The van der Waals surface area contributed by atoms with E-state index in [4.69, 9.17) is 5.73 Å². The molecule has 1 aromatic heterocycles. The van der Waals surface area contributed by atoms with Crippen LogP contribution in [-0.2, 0) is 12.8 Å². The number of halogens is 1. The van der Waals surface area contributed by atoms with Crippen molar-refractivity contribution in [2.45, 2.75) is 45.1 Å². The van der Waals surface area contributed by atoms with Gasteiger partial charge in [0.05, 0.1) is 5.56 Å². The second-order valence-electron chi connectivity index (χ2n) is 6.75. The van der Waals surface area contributed by atoms with Crippen molar-refractivity contribution in [3.63, 3.8) is 0 Å². The van der Waals surface area contributed by atoms with Crippen LogP contribution in [0.1, 0.15) is 56.8 Å². The Balaban J connectivity index is 1.63. The maximum atomic E-state index is 14.2. The molecule has 0 spiro atoms. The number of carbonyl (C=O) groups is 2. The molecule has 3 rings (SSSR count). The highest BCUT2D eigenvalue weighted by molar-refractivity contribution is 5.95. The van der Waals surface area contributed by atoms with Gasteiger partial charge in [-0.05, 0) is 74.4 Å². The van der Waals surface area contributed by atoms with Gasteiger partial charge in [0, 0.05) is 23.5 Å². The summed E-state index contributed by atoms with van der Waals surface area (Å²) in [5.74, 6) is -1.07. The Kier molecular flexibility index (Phi) is 5.30. The van der Waals surface area contributed by atoms with E-state index >= 15 is 0 Å². The largest absolute Gasteiger partial charge is 0.366 e. The highest BCUT2D eigenvalue weighted by Gasteiger charge is 2.24. The summed E-state index contributed by atoms with van der Waals surface area (Å²) in [5, 5.41) is 2.89. The predicted octanol–water partition coefficient (Wildman–Crippen LogP) is 2.70. The summed E-state index contributed by atoms with van der Waals surface area (Å²) >= 11 is 0. The lowest BCUT2D eigenvalue weighted by molar-refractivity contribution is 0.0949. The number of hydrogen-bond donors (Lipinski definition) is 2. The molecule has 6 heteroatoms. The lowest BCUT2D eigenvalue weighted by Gasteiger charge is -2.11. The maximum Gasteiger partial charge on any atom is 0.251 e. The van der Waals surface area contributed by atoms with Crippen molar-refractivity contribution in [3.8, 4) is 0 Å². The van der Waals surface area contributed by atoms with Crippen LogP contribution < -0.4 is 11.1 Å². The average Bonchev–Trinajstić information content (AvgIpc) is 3.42. The third kappa shape index (κ3) is 4.45. The molecule has 1 aliphatic carbocycles. The summed E-state index contributed by atoms with van der Waals surface area (Å²) in [5.41, 5.74) is 8.20. The Morgan fingerprint density at radius 1 is 1.23 bits per heavy atom. The van der Waals surface area contributed by atoms with E-state index in [1.165, 1.54) is 12.3 Å². The van der Waals surface area contributed by atoms with Crippen molar-refractivity contribution in [2.24, 2.45) is 5.73 Å². The van der Waals surface area contributed by atoms with Crippen LogP contribution >= 0.6 is 0 Å². The van der Waals surface area contributed by atoms with Gasteiger partial charge in [0.15, 0.2) is 0 Å². The van der Waals surface area contributed by atoms with Crippen LogP contribution in [0, 0.1) is 12.7 Å². The predicted molar refractivity (Wildman–Crippen MR) is 96.4 cm³/mol. The van der Waals surface area contributed by atoms with Gasteiger partial charge in [-0.1, -0.05) is 0 Å². The van der Waals surface area contributed by atoms with Gasteiger partial charge in [-0.15, -0.1) is 0 Å². The third-order valence-corrected chi connectivity index (χ3v) is 4.61. The standard InChI is InChI=1S/C20H22FN3O2/c1-12-13(3-2-4-16-6-5-14(11-23-16)19(22)25)9-15(10-18(12)21)20(26)24-17-7-8-17/h5-6,9-11,17H,2-4,7-8H2,1H3,(H2,22,25)(H,24,26). The van der Waals surface area contributed by atoms with E-state index in [9.17, 15) is 14.0 Å². The van der Waals surface area contributed by atoms with E-state index in [2.05, 4.69) is 10.3 Å². The summed E-state index contributed by atoms with van der Waals surface area (Å²) in [6.07, 6.45) is 5.55. The van der Waals surface area contributed by atoms with Gasteiger partial charge >= 0.3 is 0 Å². The van der Waals surface area contributed by atoms with Crippen LogP contribution in [-0.4, -0.2) is 22.8 Å². The molecule has 5 nitrogen and oxygen atoms in total. The Hall–Kier alpha value is -2.76. The van der Waals surface area contributed by atoms with Crippen molar-refractivity contribution in [1.82, 2.24) is 10.3 Å². The zero-order chi connectivity index (χ0) is 18.7. The molecule has 0 bridgehead atoms. The second-order valence-corrected chi connectivity index (χ2v) is 6.75. The van der Waals surface area contributed by atoms with E-state index in [0.717, 1.165) is 30.5 Å². The first-order valence-electron chi connectivity index (χ1n) is 8.78. The van der Waals surface area contributed by atoms with Crippen LogP contribution in [0.4, 0.5) is 4.39 Å². The smallest absolute Gasteiger partial charge is 0.251 e. The topological polar surface area (TPSA) is 85.1 Å². The summed E-state index contributed by atoms with van der Waals surface area (Å²) in [4.78, 5) is 27.4. The molecule has 0 unspecified atom stereocenters. The van der Waals surface area contributed by atoms with Crippen LogP contribution in [0.15, 0.2) is 30.5 Å². The number of nitrogens with one attached hydrogen (secondary N) is 1. The fraction of sp³-hybridized carbons (Fsp3) is 0.350. The number of rotatable bonds is 7. The van der Waals surface area contributed by atoms with Gasteiger partial charge < -0.3 is 11.1 Å². The zero-order valence-electron chi connectivity index (χ0n) is 14.7. The quantitative estimate of drug-likeness (QED) is 0.801. The first kappa shape index (κ1) is 18.0. The number of primary amides is 1. The first-order valence-corrected chi connectivity index (χ1v) is 8.78. The number of aromatic nitrogens is 1. The molecule has 0 radical (unpaired) electrons. The molecule has 1 heterocycles. The molecule has 0 saturated heterocycles. The molecule has 0 aliphatic heterocycles. The minimum Gasteiger partial charge on any atom is -0.366 e. The number of nitrogens with zero attached hydrogens (tertiary/aromatic N) is 1. The monoisotopic (exact) mass is 355 g/mol. The Bertz CT molecular complexity index is 830. The van der Waals surface area contributed by atoms with E-state index in [1.807, 2.05) is 0 Å². The fourth-order valence-electron chi connectivity index (χ4n) is 2.80. The number of hydrogen-bond acceptors (Lipinski definition) is 3. The molecule has 1 aliphatic rings. The highest BCUT2D eigenvalue weighted by Crippen LogP contribution is 2.22. The molecule has 26 heavy (non-hydrogen) atoms. The van der Waals surface area contributed by atoms with Crippen LogP contribution in [0.5, 0.6) is 0 Å². The van der Waals surface area contributed by atoms with E-state index in [0.29, 0.717) is 29.5 Å². The second kappa shape index (κ2) is 7.64. The van der Waals surface area contributed by atoms with Crippen molar-refractivity contribution < 1.29 is 14.0 Å². The van der Waals surface area contributed by atoms with Crippen LogP contribution in [0.25, 0.3) is 0 Å². The van der Waals surface area contributed by atoms with Gasteiger partial charge in [-0.25, -0.2) is 4.39 Å². The lowest BCUT2D eigenvalue weighted by Crippen LogP contribution is -2.25. The molecule has 0 atom stereocenters. The maximum absolute atomic E-state index is 14.2. The molecule has 1 fully saturated rings.